The molecular formula is C18H16N4O2. The van der Waals surface area contributed by atoms with Gasteiger partial charge in [-0.2, -0.15) is 5.26 Å². The molecule has 1 aliphatic rings. The van der Waals surface area contributed by atoms with Crippen molar-refractivity contribution in [3.8, 4) is 17.7 Å². The lowest BCUT2D eigenvalue weighted by molar-refractivity contribution is 0.320. The maximum Gasteiger partial charge on any atom is 0.283 e. The molecule has 3 heterocycles. The second-order valence-electron chi connectivity index (χ2n) is 5.96. The molecule has 24 heavy (non-hydrogen) atoms. The van der Waals surface area contributed by atoms with E-state index in [-0.39, 0.29) is 5.92 Å². The first-order valence-corrected chi connectivity index (χ1v) is 7.90. The average Bonchev–Trinajstić information content (AvgIpc) is 3.35. The third kappa shape index (κ3) is 2.94. The molecule has 1 fully saturated rings. The van der Waals surface area contributed by atoms with E-state index in [1.807, 2.05) is 18.2 Å². The first-order chi connectivity index (χ1) is 11.8. The first kappa shape index (κ1) is 14.7. The van der Waals surface area contributed by atoms with Gasteiger partial charge in [0.15, 0.2) is 5.76 Å². The molecule has 0 radical (unpaired) electrons. The number of furan rings is 1. The third-order valence-corrected chi connectivity index (χ3v) is 4.26. The van der Waals surface area contributed by atoms with Gasteiger partial charge in [-0.15, -0.1) is 10.2 Å². The molecule has 6 nitrogen and oxygen atoms in total. The Kier molecular flexibility index (Phi) is 3.85. The Morgan fingerprint density at radius 3 is 3.04 bits per heavy atom. The monoisotopic (exact) mass is 320 g/mol. The van der Waals surface area contributed by atoms with Gasteiger partial charge >= 0.3 is 0 Å². The number of nitriles is 1. The van der Waals surface area contributed by atoms with E-state index in [0.29, 0.717) is 23.1 Å². The number of benzene rings is 1. The van der Waals surface area contributed by atoms with Crippen molar-refractivity contribution >= 4 is 0 Å². The summed E-state index contributed by atoms with van der Waals surface area (Å²) in [6, 6.07) is 13.5. The zero-order valence-corrected chi connectivity index (χ0v) is 13.1. The molecule has 120 valence electrons. The fourth-order valence-electron chi connectivity index (χ4n) is 3.07. The smallest absolute Gasteiger partial charge is 0.283 e. The van der Waals surface area contributed by atoms with Crippen LogP contribution >= 0.6 is 0 Å². The molecule has 1 saturated heterocycles. The third-order valence-electron chi connectivity index (χ3n) is 4.26. The van der Waals surface area contributed by atoms with Crippen molar-refractivity contribution < 1.29 is 8.83 Å². The Hall–Kier alpha value is -2.91. The molecule has 1 aliphatic heterocycles. The molecule has 1 atom stereocenters. The van der Waals surface area contributed by atoms with Crippen LogP contribution in [-0.4, -0.2) is 28.2 Å². The molecule has 0 saturated carbocycles. The van der Waals surface area contributed by atoms with Crippen molar-refractivity contribution in [3.63, 3.8) is 0 Å². The molecule has 1 aromatic carbocycles. The largest absolute Gasteiger partial charge is 0.459 e. The summed E-state index contributed by atoms with van der Waals surface area (Å²) < 4.78 is 11.0. The van der Waals surface area contributed by atoms with Gasteiger partial charge in [-0.25, -0.2) is 0 Å². The van der Waals surface area contributed by atoms with Gasteiger partial charge < -0.3 is 8.83 Å². The van der Waals surface area contributed by atoms with E-state index in [9.17, 15) is 0 Å². The van der Waals surface area contributed by atoms with E-state index in [2.05, 4.69) is 27.2 Å². The van der Waals surface area contributed by atoms with E-state index in [1.54, 1.807) is 18.4 Å². The minimum atomic E-state index is 0.236. The summed E-state index contributed by atoms with van der Waals surface area (Å²) in [7, 11) is 0. The zero-order chi connectivity index (χ0) is 16.4. The van der Waals surface area contributed by atoms with Crippen molar-refractivity contribution in [2.45, 2.75) is 18.9 Å². The minimum Gasteiger partial charge on any atom is -0.459 e. The molecule has 0 amide bonds. The number of hydrogen-bond acceptors (Lipinski definition) is 6. The van der Waals surface area contributed by atoms with E-state index >= 15 is 0 Å². The Morgan fingerprint density at radius 1 is 1.25 bits per heavy atom. The molecule has 2 aromatic heterocycles. The van der Waals surface area contributed by atoms with Gasteiger partial charge in [-0.05, 0) is 42.8 Å². The quantitative estimate of drug-likeness (QED) is 0.734. The summed E-state index contributed by atoms with van der Waals surface area (Å²) >= 11 is 0. The van der Waals surface area contributed by atoms with Gasteiger partial charge in [0.25, 0.3) is 5.89 Å². The van der Waals surface area contributed by atoms with Crippen molar-refractivity contribution in [1.29, 1.82) is 5.26 Å². The lowest BCUT2D eigenvalue weighted by atomic mass is 10.1. The summed E-state index contributed by atoms with van der Waals surface area (Å²) in [6.07, 6.45) is 2.57. The Morgan fingerprint density at radius 2 is 2.21 bits per heavy atom. The highest BCUT2D eigenvalue weighted by Gasteiger charge is 2.28. The SMILES string of the molecule is N#Cc1cccc(CN2CC[C@H](c3nnc(-c4ccco4)o3)C2)c1. The molecule has 6 heteroatoms. The predicted molar refractivity (Wildman–Crippen MR) is 85.8 cm³/mol. The number of likely N-dealkylation sites (tertiary alicyclic amines) is 1. The van der Waals surface area contributed by atoms with Crippen LogP contribution in [0.15, 0.2) is 51.5 Å². The van der Waals surface area contributed by atoms with Gasteiger partial charge in [0.1, 0.15) is 0 Å². The first-order valence-electron chi connectivity index (χ1n) is 7.90. The number of aromatic nitrogens is 2. The lowest BCUT2D eigenvalue weighted by Gasteiger charge is -2.15. The fraction of sp³-hybridized carbons (Fsp3) is 0.278. The standard InChI is InChI=1S/C18H16N4O2/c19-10-13-3-1-4-14(9-13)11-22-7-6-15(12-22)17-20-21-18(24-17)16-5-2-8-23-16/h1-5,8-9,15H,6-7,11-12H2/t15-/m0/s1. The number of hydrogen-bond donors (Lipinski definition) is 0. The lowest BCUT2D eigenvalue weighted by Crippen LogP contribution is -2.19. The van der Waals surface area contributed by atoms with Crippen LogP contribution in [-0.2, 0) is 6.54 Å². The molecule has 0 aliphatic carbocycles. The maximum atomic E-state index is 9.00. The second-order valence-corrected chi connectivity index (χ2v) is 5.96. The van der Waals surface area contributed by atoms with Crippen molar-refractivity contribution in [2.75, 3.05) is 13.1 Å². The highest BCUT2D eigenvalue weighted by Crippen LogP contribution is 2.29. The summed E-state index contributed by atoms with van der Waals surface area (Å²) in [5.41, 5.74) is 1.85. The van der Waals surface area contributed by atoms with E-state index < -0.39 is 0 Å². The molecule has 0 N–H and O–H groups in total. The van der Waals surface area contributed by atoms with Gasteiger partial charge in [0.05, 0.1) is 23.8 Å². The molecule has 0 bridgehead atoms. The summed E-state index contributed by atoms with van der Waals surface area (Å²) in [5, 5.41) is 17.2. The summed E-state index contributed by atoms with van der Waals surface area (Å²) in [5.74, 6) is 1.92. The molecule has 3 aromatic rings. The zero-order valence-electron chi connectivity index (χ0n) is 13.1. The molecule has 0 spiro atoms. The summed E-state index contributed by atoms with van der Waals surface area (Å²) in [6.45, 7) is 2.67. The van der Waals surface area contributed by atoms with Crippen LogP contribution < -0.4 is 0 Å². The predicted octanol–water partition coefficient (Wildman–Crippen LogP) is 3.19. The van der Waals surface area contributed by atoms with Crippen LogP contribution in [0, 0.1) is 11.3 Å². The van der Waals surface area contributed by atoms with Crippen molar-refractivity contribution in [3.05, 3.63) is 59.7 Å². The summed E-state index contributed by atoms with van der Waals surface area (Å²) in [4.78, 5) is 2.35. The van der Waals surface area contributed by atoms with E-state index in [4.69, 9.17) is 14.1 Å². The van der Waals surface area contributed by atoms with Crippen LogP contribution in [0.3, 0.4) is 0 Å². The van der Waals surface area contributed by atoms with E-state index in [0.717, 1.165) is 31.6 Å². The second kappa shape index (κ2) is 6.30. The molecule has 4 rings (SSSR count). The highest BCUT2D eigenvalue weighted by molar-refractivity contribution is 5.42. The molecular weight excluding hydrogens is 304 g/mol. The van der Waals surface area contributed by atoms with Gasteiger partial charge in [-0.3, -0.25) is 4.90 Å². The number of nitrogens with zero attached hydrogens (tertiary/aromatic N) is 4. The van der Waals surface area contributed by atoms with Gasteiger partial charge in [0, 0.05) is 13.1 Å². The van der Waals surface area contributed by atoms with Crippen molar-refractivity contribution in [2.24, 2.45) is 0 Å². The van der Waals surface area contributed by atoms with Crippen LogP contribution in [0.4, 0.5) is 0 Å². The average molecular weight is 320 g/mol. The van der Waals surface area contributed by atoms with Gasteiger partial charge in [0.2, 0.25) is 5.89 Å². The van der Waals surface area contributed by atoms with Crippen LogP contribution in [0.5, 0.6) is 0 Å². The van der Waals surface area contributed by atoms with E-state index in [1.165, 1.54) is 0 Å². The Labute approximate surface area is 139 Å². The fourth-order valence-corrected chi connectivity index (χ4v) is 3.07. The van der Waals surface area contributed by atoms with Crippen LogP contribution in [0.1, 0.15) is 29.4 Å². The van der Waals surface area contributed by atoms with Gasteiger partial charge in [-0.1, -0.05) is 12.1 Å². The minimum absolute atomic E-state index is 0.236. The van der Waals surface area contributed by atoms with Crippen LogP contribution in [0.2, 0.25) is 0 Å². The Bertz CT molecular complexity index is 863. The van der Waals surface area contributed by atoms with Crippen molar-refractivity contribution in [1.82, 2.24) is 15.1 Å². The molecule has 0 unspecified atom stereocenters. The Balaban J connectivity index is 1.42. The highest BCUT2D eigenvalue weighted by atomic mass is 16.4. The normalized spacial score (nSPS) is 17.9. The van der Waals surface area contributed by atoms with Crippen LogP contribution in [0.25, 0.3) is 11.7 Å². The number of rotatable bonds is 4. The maximum absolute atomic E-state index is 9.00. The topological polar surface area (TPSA) is 79.1 Å².